The number of carbonyl (C=O) groups excluding carboxylic acids is 1. The molecule has 4 aromatic rings. The molecule has 0 saturated heterocycles. The number of para-hydroxylation sites is 3. The van der Waals surface area contributed by atoms with Crippen molar-refractivity contribution >= 4 is 16.9 Å². The van der Waals surface area contributed by atoms with Crippen molar-refractivity contribution in [1.82, 2.24) is 19.9 Å². The van der Waals surface area contributed by atoms with Gasteiger partial charge in [-0.15, -0.1) is 0 Å². The largest absolute Gasteiger partial charge is 0.352 e. The van der Waals surface area contributed by atoms with E-state index in [0.29, 0.717) is 19.4 Å². The maximum Gasteiger partial charge on any atom is 0.220 e. The van der Waals surface area contributed by atoms with Crippen LogP contribution < -0.4 is 5.32 Å². The van der Waals surface area contributed by atoms with Gasteiger partial charge in [-0.3, -0.25) is 14.3 Å². The summed E-state index contributed by atoms with van der Waals surface area (Å²) < 4.78 is 2.13. The van der Waals surface area contributed by atoms with E-state index >= 15 is 0 Å². The Morgan fingerprint density at radius 1 is 0.963 bits per heavy atom. The fraction of sp³-hybridized carbons (Fsp3) is 0.136. The van der Waals surface area contributed by atoms with Gasteiger partial charge in [0.15, 0.2) is 0 Å². The maximum atomic E-state index is 12.3. The zero-order chi connectivity index (χ0) is 18.5. The van der Waals surface area contributed by atoms with Crippen LogP contribution in [0.1, 0.15) is 17.8 Å². The normalized spacial score (nSPS) is 10.8. The lowest BCUT2D eigenvalue weighted by Crippen LogP contribution is -2.23. The van der Waals surface area contributed by atoms with Crippen molar-refractivity contribution in [3.8, 4) is 5.69 Å². The highest BCUT2D eigenvalue weighted by molar-refractivity contribution is 5.79. The van der Waals surface area contributed by atoms with Crippen molar-refractivity contribution < 1.29 is 4.79 Å². The van der Waals surface area contributed by atoms with Crippen LogP contribution in [-0.2, 0) is 17.8 Å². The molecule has 0 aliphatic carbocycles. The highest BCUT2D eigenvalue weighted by Crippen LogP contribution is 2.22. The number of carbonyl (C=O) groups is 1. The van der Waals surface area contributed by atoms with Gasteiger partial charge in [-0.05, 0) is 35.9 Å². The number of hydrogen-bond acceptors (Lipinski definition) is 3. The summed E-state index contributed by atoms with van der Waals surface area (Å²) in [4.78, 5) is 21.1. The molecule has 5 nitrogen and oxygen atoms in total. The molecule has 0 fully saturated rings. The lowest BCUT2D eigenvalue weighted by atomic mass is 10.2. The first-order valence-electron chi connectivity index (χ1n) is 8.98. The van der Waals surface area contributed by atoms with E-state index in [4.69, 9.17) is 4.98 Å². The summed E-state index contributed by atoms with van der Waals surface area (Å²) in [6.07, 6.45) is 4.44. The molecule has 0 radical (unpaired) electrons. The SMILES string of the molecule is O=C(CCc1nc2ccccc2n1-c1ccccc1)NCc1cccnc1. The van der Waals surface area contributed by atoms with E-state index in [1.807, 2.05) is 48.5 Å². The van der Waals surface area contributed by atoms with Crippen molar-refractivity contribution in [2.75, 3.05) is 0 Å². The van der Waals surface area contributed by atoms with Gasteiger partial charge >= 0.3 is 0 Å². The lowest BCUT2D eigenvalue weighted by Gasteiger charge is -2.09. The Kier molecular flexibility index (Phi) is 4.92. The summed E-state index contributed by atoms with van der Waals surface area (Å²) in [6.45, 7) is 0.488. The molecule has 0 bridgehead atoms. The molecule has 0 unspecified atom stereocenters. The standard InChI is InChI=1S/C22H20N4O/c27-22(24-16-17-7-6-14-23-15-17)13-12-21-25-19-10-4-5-11-20(19)26(21)18-8-2-1-3-9-18/h1-11,14-15H,12-13,16H2,(H,24,27). The molecule has 1 N–H and O–H groups in total. The van der Waals surface area contributed by atoms with E-state index < -0.39 is 0 Å². The van der Waals surface area contributed by atoms with Crippen LogP contribution in [0.5, 0.6) is 0 Å². The van der Waals surface area contributed by atoms with Crippen LogP contribution in [0.3, 0.4) is 0 Å². The number of benzene rings is 2. The van der Waals surface area contributed by atoms with Crippen molar-refractivity contribution in [1.29, 1.82) is 0 Å². The predicted molar refractivity (Wildman–Crippen MR) is 105 cm³/mol. The second-order valence-corrected chi connectivity index (χ2v) is 6.33. The van der Waals surface area contributed by atoms with Crippen LogP contribution in [0.15, 0.2) is 79.1 Å². The van der Waals surface area contributed by atoms with Crippen LogP contribution >= 0.6 is 0 Å². The number of aryl methyl sites for hydroxylation is 1. The maximum absolute atomic E-state index is 12.3. The Bertz CT molecular complexity index is 1040. The van der Waals surface area contributed by atoms with Crippen LogP contribution in [0.25, 0.3) is 16.7 Å². The monoisotopic (exact) mass is 356 g/mol. The van der Waals surface area contributed by atoms with E-state index in [9.17, 15) is 4.79 Å². The van der Waals surface area contributed by atoms with Crippen molar-refractivity contribution in [3.63, 3.8) is 0 Å². The zero-order valence-electron chi connectivity index (χ0n) is 14.9. The molecule has 4 rings (SSSR count). The number of imidazole rings is 1. The fourth-order valence-electron chi connectivity index (χ4n) is 3.13. The first-order chi connectivity index (χ1) is 13.3. The van der Waals surface area contributed by atoms with Crippen molar-refractivity contribution in [3.05, 3.63) is 90.5 Å². The quantitative estimate of drug-likeness (QED) is 0.573. The molecule has 0 aliphatic heterocycles. The minimum atomic E-state index is 0.00511. The topological polar surface area (TPSA) is 59.8 Å². The van der Waals surface area contributed by atoms with Crippen molar-refractivity contribution in [2.24, 2.45) is 0 Å². The number of fused-ring (bicyclic) bond motifs is 1. The second-order valence-electron chi connectivity index (χ2n) is 6.33. The summed E-state index contributed by atoms with van der Waals surface area (Å²) in [5, 5.41) is 2.95. The Balaban J connectivity index is 1.51. The number of aromatic nitrogens is 3. The molecule has 0 aliphatic rings. The van der Waals surface area contributed by atoms with Gasteiger partial charge in [-0.25, -0.2) is 4.98 Å². The third kappa shape index (κ3) is 3.87. The lowest BCUT2D eigenvalue weighted by molar-refractivity contribution is -0.121. The van der Waals surface area contributed by atoms with Gasteiger partial charge in [0.1, 0.15) is 5.82 Å². The number of rotatable bonds is 6. The van der Waals surface area contributed by atoms with E-state index in [2.05, 4.69) is 33.1 Å². The Morgan fingerprint density at radius 2 is 1.78 bits per heavy atom. The highest BCUT2D eigenvalue weighted by Gasteiger charge is 2.13. The van der Waals surface area contributed by atoms with Crippen LogP contribution in [0.4, 0.5) is 0 Å². The number of amides is 1. The fourth-order valence-corrected chi connectivity index (χ4v) is 3.13. The molecule has 1 amide bonds. The summed E-state index contributed by atoms with van der Waals surface area (Å²) in [7, 11) is 0. The summed E-state index contributed by atoms with van der Waals surface area (Å²) >= 11 is 0. The Morgan fingerprint density at radius 3 is 2.59 bits per heavy atom. The Hall–Kier alpha value is -3.47. The Labute approximate surface area is 157 Å². The van der Waals surface area contributed by atoms with Crippen LogP contribution in [0, 0.1) is 0 Å². The van der Waals surface area contributed by atoms with Crippen LogP contribution in [0.2, 0.25) is 0 Å². The first-order valence-corrected chi connectivity index (χ1v) is 8.98. The molecule has 0 atom stereocenters. The molecule has 0 saturated carbocycles. The van der Waals surface area contributed by atoms with Crippen LogP contribution in [-0.4, -0.2) is 20.4 Å². The summed E-state index contributed by atoms with van der Waals surface area (Å²) in [5.74, 6) is 0.893. The number of pyridine rings is 1. The molecule has 5 heteroatoms. The average Bonchev–Trinajstić information content (AvgIpc) is 3.10. The average molecular weight is 356 g/mol. The molecule has 134 valence electrons. The van der Waals surface area contributed by atoms with E-state index in [0.717, 1.165) is 28.1 Å². The molecule has 0 spiro atoms. The van der Waals surface area contributed by atoms with Gasteiger partial charge in [-0.1, -0.05) is 36.4 Å². The zero-order valence-corrected chi connectivity index (χ0v) is 14.9. The van der Waals surface area contributed by atoms with Gasteiger partial charge in [0.25, 0.3) is 0 Å². The van der Waals surface area contributed by atoms with Gasteiger partial charge in [0, 0.05) is 37.5 Å². The van der Waals surface area contributed by atoms with E-state index in [1.165, 1.54) is 0 Å². The summed E-state index contributed by atoms with van der Waals surface area (Å²) in [5.41, 5.74) is 4.03. The smallest absolute Gasteiger partial charge is 0.220 e. The molecule has 2 aromatic heterocycles. The van der Waals surface area contributed by atoms with Gasteiger partial charge in [0.2, 0.25) is 5.91 Å². The third-order valence-electron chi connectivity index (χ3n) is 4.43. The molecule has 2 aromatic carbocycles. The number of nitrogens with zero attached hydrogens (tertiary/aromatic N) is 3. The summed E-state index contributed by atoms with van der Waals surface area (Å²) in [6, 6.07) is 22.0. The first kappa shape index (κ1) is 17.0. The number of nitrogens with one attached hydrogen (secondary N) is 1. The van der Waals surface area contributed by atoms with Gasteiger partial charge in [0.05, 0.1) is 11.0 Å². The number of hydrogen-bond donors (Lipinski definition) is 1. The van der Waals surface area contributed by atoms with E-state index in [-0.39, 0.29) is 5.91 Å². The molecular weight excluding hydrogens is 336 g/mol. The molecule has 27 heavy (non-hydrogen) atoms. The highest BCUT2D eigenvalue weighted by atomic mass is 16.1. The van der Waals surface area contributed by atoms with Gasteiger partial charge in [-0.2, -0.15) is 0 Å². The molecular formula is C22H20N4O. The van der Waals surface area contributed by atoms with Gasteiger partial charge < -0.3 is 5.32 Å². The second kappa shape index (κ2) is 7.83. The third-order valence-corrected chi connectivity index (χ3v) is 4.43. The minimum absolute atomic E-state index is 0.00511. The minimum Gasteiger partial charge on any atom is -0.352 e. The van der Waals surface area contributed by atoms with E-state index in [1.54, 1.807) is 12.4 Å². The predicted octanol–water partition coefficient (Wildman–Crippen LogP) is 3.67. The van der Waals surface area contributed by atoms with Crippen molar-refractivity contribution in [2.45, 2.75) is 19.4 Å². The molecule has 2 heterocycles.